The van der Waals surface area contributed by atoms with Crippen molar-refractivity contribution in [2.45, 2.75) is 55.8 Å². The molecule has 10 heteroatoms. The number of hydrogen-bond acceptors (Lipinski definition) is 7. The van der Waals surface area contributed by atoms with Crippen LogP contribution in [0.25, 0.3) is 11.1 Å². The monoisotopic (exact) mass is 641 g/mol. The van der Waals surface area contributed by atoms with Gasteiger partial charge in [0.05, 0.1) is 30.8 Å². The Morgan fingerprint density at radius 2 is 1.52 bits per heavy atom. The Hall–Kier alpha value is -4.48. The summed E-state index contributed by atoms with van der Waals surface area (Å²) in [6, 6.07) is 30.2. The van der Waals surface area contributed by atoms with Crippen LogP contribution < -0.4 is 5.32 Å². The Bertz CT molecular complexity index is 1670. The average Bonchev–Trinajstić information content (AvgIpc) is 3.09. The first kappa shape index (κ1) is 32.9. The highest BCUT2D eigenvalue weighted by molar-refractivity contribution is 7.99. The van der Waals surface area contributed by atoms with Gasteiger partial charge in [-0.1, -0.05) is 72.8 Å². The number of rotatable bonds is 13. The molecule has 46 heavy (non-hydrogen) atoms. The van der Waals surface area contributed by atoms with Crippen LogP contribution in [0.5, 0.6) is 0 Å². The van der Waals surface area contributed by atoms with Gasteiger partial charge in [-0.25, -0.2) is 4.79 Å². The molecule has 1 aliphatic rings. The molecule has 1 saturated heterocycles. The normalized spacial score (nSPS) is 17.7. The number of thioether (sulfide) groups is 1. The number of carboxylic acids is 2. The molecule has 1 aliphatic heterocycles. The summed E-state index contributed by atoms with van der Waals surface area (Å²) in [5, 5.41) is 30.7. The zero-order valence-electron chi connectivity index (χ0n) is 25.0. The minimum absolute atomic E-state index is 0.0507. The van der Waals surface area contributed by atoms with Gasteiger partial charge in [-0.3, -0.25) is 9.59 Å². The van der Waals surface area contributed by atoms with Crippen molar-refractivity contribution >= 4 is 29.6 Å². The Balaban J connectivity index is 1.35. The standard InChI is InChI=1S/C36H35NO8S/c38-21-23-11-13-25(14-12-23)31-19-29(22-46-32-10-2-1-9-30(32)35(42)43)44-36(45-31)28-8-4-7-27(18-28)26-6-3-5-24(17-26)20-37-33(39)15-16-34(40)41/h1-14,17-18,29,31,36,38H,15-16,19-22H2,(H,37,39)(H,40,41)(H,42,43). The van der Waals surface area contributed by atoms with Crippen LogP contribution in [0.2, 0.25) is 0 Å². The summed E-state index contributed by atoms with van der Waals surface area (Å²) in [5.74, 6) is -1.78. The second-order valence-corrected chi connectivity index (χ2v) is 12.0. The van der Waals surface area contributed by atoms with Crippen LogP contribution in [0.3, 0.4) is 0 Å². The molecular weight excluding hydrogens is 606 g/mol. The van der Waals surface area contributed by atoms with Gasteiger partial charge >= 0.3 is 11.9 Å². The Morgan fingerprint density at radius 3 is 2.26 bits per heavy atom. The van der Waals surface area contributed by atoms with Crippen LogP contribution in [0.15, 0.2) is 102 Å². The zero-order valence-corrected chi connectivity index (χ0v) is 25.8. The first-order chi connectivity index (χ1) is 22.3. The molecule has 0 radical (unpaired) electrons. The fraction of sp³-hybridized carbons (Fsp3) is 0.250. The largest absolute Gasteiger partial charge is 0.481 e. The maximum absolute atomic E-state index is 12.0. The molecule has 4 aromatic rings. The highest BCUT2D eigenvalue weighted by atomic mass is 32.2. The van der Waals surface area contributed by atoms with Gasteiger partial charge in [0, 0.05) is 35.6 Å². The fourth-order valence-corrected chi connectivity index (χ4v) is 6.28. The lowest BCUT2D eigenvalue weighted by Crippen LogP contribution is -2.31. The maximum atomic E-state index is 12.0. The molecule has 0 aromatic heterocycles. The highest BCUT2D eigenvalue weighted by Crippen LogP contribution is 2.40. The highest BCUT2D eigenvalue weighted by Gasteiger charge is 2.32. The van der Waals surface area contributed by atoms with E-state index in [9.17, 15) is 24.6 Å². The Kier molecular flexibility index (Phi) is 11.2. The van der Waals surface area contributed by atoms with Crippen molar-refractivity contribution in [1.82, 2.24) is 5.32 Å². The summed E-state index contributed by atoms with van der Waals surface area (Å²) >= 11 is 1.44. The molecule has 1 amide bonds. The number of amides is 1. The number of carboxylic acid groups (broad SMARTS) is 2. The van der Waals surface area contributed by atoms with Crippen molar-refractivity contribution in [3.8, 4) is 11.1 Å². The van der Waals surface area contributed by atoms with E-state index in [1.54, 1.807) is 18.2 Å². The SMILES string of the molecule is O=C(O)CCC(=O)NCc1cccc(-c2cccc(C3OC(CSc4ccccc4C(=O)O)CC(c4ccc(CO)cc4)O3)c2)c1. The Morgan fingerprint density at radius 1 is 0.783 bits per heavy atom. The van der Waals surface area contributed by atoms with Gasteiger partial charge < -0.3 is 30.1 Å². The predicted octanol–water partition coefficient (Wildman–Crippen LogP) is 6.36. The van der Waals surface area contributed by atoms with E-state index in [0.717, 1.165) is 33.4 Å². The van der Waals surface area contributed by atoms with Gasteiger partial charge in [0.15, 0.2) is 6.29 Å². The molecule has 238 valence electrons. The molecule has 3 atom stereocenters. The molecule has 0 saturated carbocycles. The molecule has 0 bridgehead atoms. The lowest BCUT2D eigenvalue weighted by atomic mass is 9.99. The molecule has 4 aromatic carbocycles. The van der Waals surface area contributed by atoms with Gasteiger partial charge in [-0.05, 0) is 52.1 Å². The minimum atomic E-state index is -1.01. The molecule has 4 N–H and O–H groups in total. The lowest BCUT2D eigenvalue weighted by Gasteiger charge is -2.36. The number of benzene rings is 4. The number of hydrogen-bond donors (Lipinski definition) is 4. The van der Waals surface area contributed by atoms with E-state index in [1.165, 1.54) is 11.8 Å². The Labute approximate surface area is 271 Å². The van der Waals surface area contributed by atoms with E-state index in [0.29, 0.717) is 17.1 Å². The summed E-state index contributed by atoms with van der Waals surface area (Å²) in [5.41, 5.74) is 5.58. The van der Waals surface area contributed by atoms with Gasteiger partial charge in [-0.2, -0.15) is 0 Å². The third-order valence-corrected chi connectivity index (χ3v) is 8.84. The minimum Gasteiger partial charge on any atom is -0.481 e. The maximum Gasteiger partial charge on any atom is 0.336 e. The molecule has 5 rings (SSSR count). The first-order valence-corrected chi connectivity index (χ1v) is 15.9. The van der Waals surface area contributed by atoms with Crippen LogP contribution in [-0.4, -0.2) is 45.0 Å². The third kappa shape index (κ3) is 8.82. The van der Waals surface area contributed by atoms with Crippen LogP contribution in [0.4, 0.5) is 0 Å². The van der Waals surface area contributed by atoms with Crippen LogP contribution in [-0.2, 0) is 32.2 Å². The summed E-state index contributed by atoms with van der Waals surface area (Å²) in [7, 11) is 0. The van der Waals surface area contributed by atoms with Crippen molar-refractivity contribution in [2.24, 2.45) is 0 Å². The smallest absolute Gasteiger partial charge is 0.336 e. The van der Waals surface area contributed by atoms with E-state index < -0.39 is 18.2 Å². The van der Waals surface area contributed by atoms with Gasteiger partial charge in [0.1, 0.15) is 0 Å². The first-order valence-electron chi connectivity index (χ1n) is 14.9. The summed E-state index contributed by atoms with van der Waals surface area (Å²) < 4.78 is 13.0. The van der Waals surface area contributed by atoms with Crippen molar-refractivity contribution in [3.63, 3.8) is 0 Å². The molecule has 9 nitrogen and oxygen atoms in total. The predicted molar refractivity (Wildman–Crippen MR) is 173 cm³/mol. The second-order valence-electron chi connectivity index (χ2n) is 11.0. The number of nitrogens with one attached hydrogen (secondary N) is 1. The number of ether oxygens (including phenoxy) is 2. The number of aliphatic hydroxyl groups is 1. The number of carbonyl (C=O) groups excluding carboxylic acids is 1. The number of carbonyl (C=O) groups is 3. The average molecular weight is 642 g/mol. The molecule has 3 unspecified atom stereocenters. The van der Waals surface area contributed by atoms with E-state index in [1.807, 2.05) is 78.9 Å². The third-order valence-electron chi connectivity index (χ3n) is 7.63. The second kappa shape index (κ2) is 15.7. The molecular formula is C36H35NO8S. The topological polar surface area (TPSA) is 142 Å². The van der Waals surface area contributed by atoms with Crippen molar-refractivity contribution in [2.75, 3.05) is 5.75 Å². The van der Waals surface area contributed by atoms with Crippen molar-refractivity contribution in [1.29, 1.82) is 0 Å². The van der Waals surface area contributed by atoms with Crippen molar-refractivity contribution < 1.29 is 39.2 Å². The molecule has 0 spiro atoms. The zero-order chi connectivity index (χ0) is 32.5. The molecule has 0 aliphatic carbocycles. The molecule has 1 fully saturated rings. The number of aliphatic carboxylic acids is 1. The summed E-state index contributed by atoms with van der Waals surface area (Å²) in [6.07, 6.45) is -0.941. The number of aromatic carboxylic acids is 1. The van der Waals surface area contributed by atoms with Gasteiger partial charge in [0.2, 0.25) is 5.91 Å². The van der Waals surface area contributed by atoms with Crippen LogP contribution >= 0.6 is 11.8 Å². The number of aliphatic hydroxyl groups excluding tert-OH is 1. The summed E-state index contributed by atoms with van der Waals surface area (Å²) in [4.78, 5) is 35.2. The van der Waals surface area contributed by atoms with E-state index >= 15 is 0 Å². The quantitative estimate of drug-likeness (QED) is 0.123. The van der Waals surface area contributed by atoms with Gasteiger partial charge in [0.25, 0.3) is 0 Å². The van der Waals surface area contributed by atoms with E-state index in [2.05, 4.69) is 5.32 Å². The molecule has 1 heterocycles. The fourth-order valence-electron chi connectivity index (χ4n) is 5.21. The van der Waals surface area contributed by atoms with Gasteiger partial charge in [-0.15, -0.1) is 11.8 Å². The lowest BCUT2D eigenvalue weighted by molar-refractivity contribution is -0.245. The van der Waals surface area contributed by atoms with Crippen LogP contribution in [0.1, 0.15) is 64.3 Å². The van der Waals surface area contributed by atoms with E-state index in [-0.39, 0.29) is 49.7 Å². The van der Waals surface area contributed by atoms with Crippen LogP contribution in [0, 0.1) is 0 Å². The van der Waals surface area contributed by atoms with E-state index in [4.69, 9.17) is 14.6 Å². The van der Waals surface area contributed by atoms with Crippen molar-refractivity contribution in [3.05, 3.63) is 125 Å². The summed E-state index contributed by atoms with van der Waals surface area (Å²) in [6.45, 7) is 0.229.